The molecular formula is C19H32N4O. The second-order valence-electron chi connectivity index (χ2n) is 6.91. The maximum absolute atomic E-state index is 6.28. The number of likely N-dealkylation sites (N-methyl/N-ethyl adjacent to an activating group) is 1. The average molecular weight is 332 g/mol. The van der Waals surface area contributed by atoms with Crippen molar-refractivity contribution in [3.05, 3.63) is 34.8 Å². The van der Waals surface area contributed by atoms with Gasteiger partial charge in [-0.15, -0.1) is 0 Å². The molecule has 1 heterocycles. The lowest BCUT2D eigenvalue weighted by Gasteiger charge is -2.29. The first-order chi connectivity index (χ1) is 11.5. The number of ether oxygens (including phenoxy) is 1. The molecule has 0 aromatic carbocycles. The Bertz CT molecular complexity index is 583. The van der Waals surface area contributed by atoms with Gasteiger partial charge in [0.05, 0.1) is 23.7 Å². The number of nitrogens with two attached hydrogens (primary N) is 2. The third-order valence-electron chi connectivity index (χ3n) is 5.22. The van der Waals surface area contributed by atoms with Gasteiger partial charge < -0.3 is 15.5 Å². The monoisotopic (exact) mass is 332 g/mol. The number of hydrazine groups is 1. The molecule has 0 bridgehead atoms. The summed E-state index contributed by atoms with van der Waals surface area (Å²) >= 11 is 0. The summed E-state index contributed by atoms with van der Waals surface area (Å²) < 4.78 is 5.19. The summed E-state index contributed by atoms with van der Waals surface area (Å²) in [5.41, 5.74) is 10.8. The SMILES string of the molecule is CCC1CCCC(c2ccc(/C(N)=C(\COC)N(C)N)nc2C)C1. The Morgan fingerprint density at radius 1 is 1.38 bits per heavy atom. The van der Waals surface area contributed by atoms with Gasteiger partial charge in [0, 0.05) is 19.9 Å². The molecule has 24 heavy (non-hydrogen) atoms. The van der Waals surface area contributed by atoms with E-state index in [0.29, 0.717) is 18.2 Å². The van der Waals surface area contributed by atoms with E-state index in [2.05, 4.69) is 19.9 Å². The predicted molar refractivity (Wildman–Crippen MR) is 98.9 cm³/mol. The number of aromatic nitrogens is 1. The number of nitrogens with zero attached hydrogens (tertiary/aromatic N) is 2. The van der Waals surface area contributed by atoms with Gasteiger partial charge in [0.25, 0.3) is 0 Å². The molecule has 4 N–H and O–H groups in total. The van der Waals surface area contributed by atoms with E-state index in [9.17, 15) is 0 Å². The Morgan fingerprint density at radius 2 is 2.12 bits per heavy atom. The summed E-state index contributed by atoms with van der Waals surface area (Å²) in [7, 11) is 3.39. The van der Waals surface area contributed by atoms with E-state index in [0.717, 1.165) is 23.0 Å². The maximum atomic E-state index is 6.28. The minimum absolute atomic E-state index is 0.363. The lowest BCUT2D eigenvalue weighted by Crippen LogP contribution is -2.30. The number of methoxy groups -OCH3 is 1. The van der Waals surface area contributed by atoms with Crippen LogP contribution in [0.4, 0.5) is 0 Å². The quantitative estimate of drug-likeness (QED) is 0.618. The van der Waals surface area contributed by atoms with E-state index in [1.165, 1.54) is 42.7 Å². The first-order valence-corrected chi connectivity index (χ1v) is 8.91. The van der Waals surface area contributed by atoms with Gasteiger partial charge >= 0.3 is 0 Å². The summed E-state index contributed by atoms with van der Waals surface area (Å²) in [4.78, 5) is 4.76. The molecule has 2 atom stereocenters. The Balaban J connectivity index is 2.27. The number of aryl methyl sites for hydroxylation is 1. The highest BCUT2D eigenvalue weighted by atomic mass is 16.5. The number of rotatable bonds is 6. The lowest BCUT2D eigenvalue weighted by atomic mass is 9.76. The van der Waals surface area contributed by atoms with Gasteiger partial charge in [-0.05, 0) is 43.2 Å². The van der Waals surface area contributed by atoms with Crippen LogP contribution < -0.4 is 11.6 Å². The van der Waals surface area contributed by atoms with Gasteiger partial charge in [-0.2, -0.15) is 0 Å². The van der Waals surface area contributed by atoms with Crippen molar-refractivity contribution in [1.82, 2.24) is 9.99 Å². The van der Waals surface area contributed by atoms with Gasteiger partial charge in [-0.1, -0.05) is 32.3 Å². The molecule has 2 rings (SSSR count). The fraction of sp³-hybridized carbons (Fsp3) is 0.632. The minimum atomic E-state index is 0.363. The predicted octanol–water partition coefficient (Wildman–Crippen LogP) is 3.15. The van der Waals surface area contributed by atoms with Crippen molar-refractivity contribution in [3.63, 3.8) is 0 Å². The smallest absolute Gasteiger partial charge is 0.0896 e. The molecule has 1 aliphatic carbocycles. The molecule has 134 valence electrons. The fourth-order valence-corrected chi connectivity index (χ4v) is 3.75. The summed E-state index contributed by atoms with van der Waals surface area (Å²) in [5, 5.41) is 1.50. The molecule has 2 unspecified atom stereocenters. The topological polar surface area (TPSA) is 77.4 Å². The second kappa shape index (κ2) is 8.49. The van der Waals surface area contributed by atoms with E-state index in [4.69, 9.17) is 21.3 Å². The van der Waals surface area contributed by atoms with Crippen LogP contribution in [-0.2, 0) is 4.74 Å². The normalized spacial score (nSPS) is 22.2. The number of hydrogen-bond acceptors (Lipinski definition) is 5. The van der Waals surface area contributed by atoms with Gasteiger partial charge in [0.15, 0.2) is 0 Å². The molecule has 0 aliphatic heterocycles. The highest BCUT2D eigenvalue weighted by Crippen LogP contribution is 2.38. The molecule has 1 aromatic rings. The van der Waals surface area contributed by atoms with E-state index >= 15 is 0 Å². The first-order valence-electron chi connectivity index (χ1n) is 8.91. The molecule has 1 fully saturated rings. The summed E-state index contributed by atoms with van der Waals surface area (Å²) in [6.07, 6.45) is 6.52. The van der Waals surface area contributed by atoms with Crippen molar-refractivity contribution in [1.29, 1.82) is 0 Å². The molecule has 1 aliphatic rings. The molecular weight excluding hydrogens is 300 g/mol. The van der Waals surface area contributed by atoms with Crippen LogP contribution in [-0.4, -0.2) is 30.8 Å². The average Bonchev–Trinajstić information content (AvgIpc) is 2.58. The zero-order valence-corrected chi connectivity index (χ0v) is 15.5. The van der Waals surface area contributed by atoms with Crippen LogP contribution >= 0.6 is 0 Å². The number of pyridine rings is 1. The van der Waals surface area contributed by atoms with Crippen LogP contribution in [0.25, 0.3) is 5.70 Å². The third-order valence-corrected chi connectivity index (χ3v) is 5.22. The van der Waals surface area contributed by atoms with Gasteiger partial charge in [0.2, 0.25) is 0 Å². The zero-order valence-electron chi connectivity index (χ0n) is 15.5. The van der Waals surface area contributed by atoms with Gasteiger partial charge in [0.1, 0.15) is 0 Å². The molecule has 0 spiro atoms. The van der Waals surface area contributed by atoms with Crippen LogP contribution in [0.15, 0.2) is 17.8 Å². The third kappa shape index (κ3) is 4.28. The number of hydrogen-bond donors (Lipinski definition) is 2. The standard InChI is InChI=1S/C19H32N4O/c1-5-14-7-6-8-15(11-14)16-9-10-17(22-13(16)2)19(20)18(12-24-4)23(3)21/h9-10,14-15H,5-8,11-12,20-21H2,1-4H3/b19-18-. The van der Waals surface area contributed by atoms with Crippen molar-refractivity contribution in [2.75, 3.05) is 20.8 Å². The maximum Gasteiger partial charge on any atom is 0.0896 e. The summed E-state index contributed by atoms with van der Waals surface area (Å²) in [5.74, 6) is 7.35. The van der Waals surface area contributed by atoms with Crippen molar-refractivity contribution in [2.24, 2.45) is 17.5 Å². The van der Waals surface area contributed by atoms with E-state index in [1.54, 1.807) is 14.2 Å². The molecule has 1 saturated carbocycles. The molecule has 0 saturated heterocycles. The van der Waals surface area contributed by atoms with Gasteiger partial charge in [-0.25, -0.2) is 5.84 Å². The highest BCUT2D eigenvalue weighted by Gasteiger charge is 2.24. The highest BCUT2D eigenvalue weighted by molar-refractivity contribution is 5.63. The van der Waals surface area contributed by atoms with Crippen molar-refractivity contribution in [3.8, 4) is 0 Å². The van der Waals surface area contributed by atoms with Crippen LogP contribution in [0.1, 0.15) is 61.9 Å². The molecule has 1 aromatic heterocycles. The first kappa shape index (κ1) is 18.7. The zero-order chi connectivity index (χ0) is 17.7. The second-order valence-corrected chi connectivity index (χ2v) is 6.91. The van der Waals surface area contributed by atoms with Gasteiger partial charge in [-0.3, -0.25) is 4.98 Å². The summed E-state index contributed by atoms with van der Waals surface area (Å²) in [6.45, 7) is 4.75. The van der Waals surface area contributed by atoms with Crippen LogP contribution in [0.3, 0.4) is 0 Å². The Hall–Kier alpha value is -1.59. The van der Waals surface area contributed by atoms with Crippen molar-refractivity contribution >= 4 is 5.70 Å². The molecule has 0 radical (unpaired) electrons. The Kier molecular flexibility index (Phi) is 6.63. The van der Waals surface area contributed by atoms with Crippen LogP contribution in [0, 0.1) is 12.8 Å². The lowest BCUT2D eigenvalue weighted by molar-refractivity contribution is 0.198. The molecule has 5 heteroatoms. The van der Waals surface area contributed by atoms with Crippen molar-refractivity contribution in [2.45, 2.75) is 51.9 Å². The summed E-state index contributed by atoms with van der Waals surface area (Å²) in [6, 6.07) is 4.22. The van der Waals surface area contributed by atoms with E-state index in [1.807, 2.05) is 6.07 Å². The Labute approximate surface area is 146 Å². The molecule has 5 nitrogen and oxygen atoms in total. The van der Waals surface area contributed by atoms with Crippen LogP contribution in [0.5, 0.6) is 0 Å². The van der Waals surface area contributed by atoms with Crippen molar-refractivity contribution < 1.29 is 4.74 Å². The van der Waals surface area contributed by atoms with Crippen LogP contribution in [0.2, 0.25) is 0 Å². The largest absolute Gasteiger partial charge is 0.395 e. The molecule has 0 amide bonds. The Morgan fingerprint density at radius 3 is 2.71 bits per heavy atom. The fourth-order valence-electron chi connectivity index (χ4n) is 3.75. The van der Waals surface area contributed by atoms with E-state index < -0.39 is 0 Å². The van der Waals surface area contributed by atoms with E-state index in [-0.39, 0.29) is 0 Å². The minimum Gasteiger partial charge on any atom is -0.395 e.